The summed E-state index contributed by atoms with van der Waals surface area (Å²) in [6.45, 7) is 2.99. The summed E-state index contributed by atoms with van der Waals surface area (Å²) in [5.41, 5.74) is 2.49. The van der Waals surface area contributed by atoms with Gasteiger partial charge in [-0.1, -0.05) is 46.3 Å². The lowest BCUT2D eigenvalue weighted by atomic mass is 10.1. The third kappa shape index (κ3) is 3.82. The van der Waals surface area contributed by atoms with Crippen molar-refractivity contribution in [1.29, 1.82) is 0 Å². The molecule has 0 aliphatic heterocycles. The molecule has 0 saturated carbocycles. The summed E-state index contributed by atoms with van der Waals surface area (Å²) in [7, 11) is 1.69. The minimum absolute atomic E-state index is 0.293. The van der Waals surface area contributed by atoms with E-state index in [0.29, 0.717) is 6.04 Å². The maximum atomic E-state index is 5.23. The maximum absolute atomic E-state index is 5.23. The molecule has 2 nitrogen and oxygen atoms in total. The van der Waals surface area contributed by atoms with Gasteiger partial charge in [0.1, 0.15) is 5.75 Å². The Bertz CT molecular complexity index is 542. The number of halogens is 1. The monoisotopic (exact) mass is 319 g/mol. The van der Waals surface area contributed by atoms with Gasteiger partial charge in [0.2, 0.25) is 0 Å². The van der Waals surface area contributed by atoms with Crippen LogP contribution >= 0.6 is 15.9 Å². The molecule has 19 heavy (non-hydrogen) atoms. The van der Waals surface area contributed by atoms with Gasteiger partial charge in [0.15, 0.2) is 0 Å². The fourth-order valence-electron chi connectivity index (χ4n) is 1.99. The van der Waals surface area contributed by atoms with Gasteiger partial charge in [0.05, 0.1) is 7.11 Å². The van der Waals surface area contributed by atoms with Gasteiger partial charge < -0.3 is 10.1 Å². The van der Waals surface area contributed by atoms with E-state index in [1.54, 1.807) is 7.11 Å². The van der Waals surface area contributed by atoms with E-state index in [2.05, 4.69) is 58.5 Å². The molecule has 0 saturated heterocycles. The van der Waals surface area contributed by atoms with E-state index in [4.69, 9.17) is 4.74 Å². The predicted octanol–water partition coefficient (Wildman–Crippen LogP) is 4.31. The van der Waals surface area contributed by atoms with Crippen LogP contribution in [0.2, 0.25) is 0 Å². The standard InChI is InChI=1S/C16H18BrNO/c1-12(15-8-3-4-9-16(15)17)18-11-13-6-5-7-14(10-13)19-2/h3-10,12,18H,11H2,1-2H3. The van der Waals surface area contributed by atoms with Gasteiger partial charge in [-0.25, -0.2) is 0 Å². The van der Waals surface area contributed by atoms with E-state index in [1.807, 2.05) is 18.2 Å². The van der Waals surface area contributed by atoms with E-state index >= 15 is 0 Å². The van der Waals surface area contributed by atoms with Crippen molar-refractivity contribution >= 4 is 15.9 Å². The first-order valence-electron chi connectivity index (χ1n) is 6.31. The van der Waals surface area contributed by atoms with Crippen LogP contribution in [0.15, 0.2) is 53.0 Å². The van der Waals surface area contributed by atoms with Crippen LogP contribution in [0.25, 0.3) is 0 Å². The van der Waals surface area contributed by atoms with Crippen molar-refractivity contribution in [2.75, 3.05) is 7.11 Å². The molecular formula is C16H18BrNO. The van der Waals surface area contributed by atoms with Gasteiger partial charge in [-0.3, -0.25) is 0 Å². The zero-order chi connectivity index (χ0) is 13.7. The second-order valence-corrected chi connectivity index (χ2v) is 5.33. The normalized spacial score (nSPS) is 12.2. The summed E-state index contributed by atoms with van der Waals surface area (Å²) in [5, 5.41) is 3.52. The van der Waals surface area contributed by atoms with Crippen LogP contribution in [0, 0.1) is 0 Å². The largest absolute Gasteiger partial charge is 0.497 e. The number of rotatable bonds is 5. The summed E-state index contributed by atoms with van der Waals surface area (Å²) in [4.78, 5) is 0. The number of benzene rings is 2. The minimum atomic E-state index is 0.293. The average Bonchev–Trinajstić information content (AvgIpc) is 2.45. The Labute approximate surface area is 122 Å². The maximum Gasteiger partial charge on any atom is 0.119 e. The van der Waals surface area contributed by atoms with Crippen LogP contribution in [0.1, 0.15) is 24.1 Å². The van der Waals surface area contributed by atoms with E-state index in [9.17, 15) is 0 Å². The smallest absolute Gasteiger partial charge is 0.119 e. The van der Waals surface area contributed by atoms with Crippen molar-refractivity contribution in [3.05, 3.63) is 64.1 Å². The van der Waals surface area contributed by atoms with E-state index in [-0.39, 0.29) is 0 Å². The highest BCUT2D eigenvalue weighted by molar-refractivity contribution is 9.10. The SMILES string of the molecule is COc1cccc(CNC(C)c2ccccc2Br)c1. The predicted molar refractivity (Wildman–Crippen MR) is 82.4 cm³/mol. The summed E-state index contributed by atoms with van der Waals surface area (Å²) in [6, 6.07) is 16.7. The topological polar surface area (TPSA) is 21.3 Å². The van der Waals surface area contributed by atoms with Gasteiger partial charge in [0, 0.05) is 17.1 Å². The Morgan fingerprint density at radius 3 is 2.68 bits per heavy atom. The van der Waals surface area contributed by atoms with Crippen molar-refractivity contribution < 1.29 is 4.74 Å². The summed E-state index contributed by atoms with van der Waals surface area (Å²) < 4.78 is 6.37. The number of methoxy groups -OCH3 is 1. The highest BCUT2D eigenvalue weighted by atomic mass is 79.9. The van der Waals surface area contributed by atoms with Crippen LogP contribution in [0.4, 0.5) is 0 Å². The fourth-order valence-corrected chi connectivity index (χ4v) is 2.62. The highest BCUT2D eigenvalue weighted by Crippen LogP contribution is 2.23. The quantitative estimate of drug-likeness (QED) is 0.886. The lowest BCUT2D eigenvalue weighted by Crippen LogP contribution is -2.18. The molecule has 0 spiro atoms. The summed E-state index contributed by atoms with van der Waals surface area (Å²) >= 11 is 3.59. The van der Waals surface area contributed by atoms with Crippen molar-refractivity contribution in [3.8, 4) is 5.75 Å². The summed E-state index contributed by atoms with van der Waals surface area (Å²) in [6.07, 6.45) is 0. The molecule has 2 rings (SSSR count). The van der Waals surface area contributed by atoms with Gasteiger partial charge in [-0.2, -0.15) is 0 Å². The molecule has 0 aliphatic carbocycles. The molecule has 0 amide bonds. The molecule has 0 aromatic heterocycles. The van der Waals surface area contributed by atoms with E-state index < -0.39 is 0 Å². The van der Waals surface area contributed by atoms with Crippen molar-refractivity contribution in [2.45, 2.75) is 19.5 Å². The molecule has 0 radical (unpaired) electrons. The Morgan fingerprint density at radius 2 is 1.95 bits per heavy atom. The van der Waals surface area contributed by atoms with Crippen LogP contribution in [-0.4, -0.2) is 7.11 Å². The Balaban J connectivity index is 2.00. The first kappa shape index (κ1) is 14.1. The van der Waals surface area contributed by atoms with Crippen LogP contribution in [-0.2, 0) is 6.54 Å². The zero-order valence-electron chi connectivity index (χ0n) is 11.2. The lowest BCUT2D eigenvalue weighted by Gasteiger charge is -2.16. The first-order chi connectivity index (χ1) is 9.20. The Hall–Kier alpha value is -1.32. The number of hydrogen-bond donors (Lipinski definition) is 1. The lowest BCUT2D eigenvalue weighted by molar-refractivity contribution is 0.414. The second kappa shape index (κ2) is 6.73. The van der Waals surface area contributed by atoms with Gasteiger partial charge in [0.25, 0.3) is 0 Å². The Kier molecular flexibility index (Phi) is 5.00. The van der Waals surface area contributed by atoms with Gasteiger partial charge in [-0.05, 0) is 36.2 Å². The molecule has 0 fully saturated rings. The third-order valence-corrected chi connectivity index (χ3v) is 3.84. The molecule has 2 aromatic rings. The van der Waals surface area contributed by atoms with Crippen molar-refractivity contribution in [3.63, 3.8) is 0 Å². The van der Waals surface area contributed by atoms with E-state index in [1.165, 1.54) is 11.1 Å². The molecule has 1 N–H and O–H groups in total. The highest BCUT2D eigenvalue weighted by Gasteiger charge is 2.08. The second-order valence-electron chi connectivity index (χ2n) is 4.48. The molecule has 3 heteroatoms. The third-order valence-electron chi connectivity index (χ3n) is 3.12. The van der Waals surface area contributed by atoms with E-state index in [0.717, 1.165) is 16.8 Å². The molecule has 2 aromatic carbocycles. The van der Waals surface area contributed by atoms with Crippen LogP contribution in [0.3, 0.4) is 0 Å². The number of hydrogen-bond acceptors (Lipinski definition) is 2. The first-order valence-corrected chi connectivity index (χ1v) is 7.10. The number of ether oxygens (including phenoxy) is 1. The van der Waals surface area contributed by atoms with Crippen molar-refractivity contribution in [1.82, 2.24) is 5.32 Å². The fraction of sp³-hybridized carbons (Fsp3) is 0.250. The molecule has 1 unspecified atom stereocenters. The molecule has 0 aliphatic rings. The summed E-state index contributed by atoms with van der Waals surface area (Å²) in [5.74, 6) is 0.896. The van der Waals surface area contributed by atoms with Crippen LogP contribution < -0.4 is 10.1 Å². The molecule has 100 valence electrons. The molecule has 0 heterocycles. The average molecular weight is 320 g/mol. The molecule has 1 atom stereocenters. The Morgan fingerprint density at radius 1 is 1.16 bits per heavy atom. The molecular weight excluding hydrogens is 302 g/mol. The molecule has 0 bridgehead atoms. The number of nitrogens with one attached hydrogen (secondary N) is 1. The van der Waals surface area contributed by atoms with Crippen molar-refractivity contribution in [2.24, 2.45) is 0 Å². The minimum Gasteiger partial charge on any atom is -0.497 e. The van der Waals surface area contributed by atoms with Crippen LogP contribution in [0.5, 0.6) is 5.75 Å². The van der Waals surface area contributed by atoms with Gasteiger partial charge >= 0.3 is 0 Å². The van der Waals surface area contributed by atoms with Gasteiger partial charge in [-0.15, -0.1) is 0 Å². The zero-order valence-corrected chi connectivity index (χ0v) is 12.8.